The Morgan fingerprint density at radius 1 is 1.19 bits per heavy atom. The Labute approximate surface area is 97.3 Å². The average Bonchev–Trinajstić information content (AvgIpc) is 2.24. The molecule has 1 atom stereocenters. The minimum absolute atomic E-state index is 0.0536. The Hall–Kier alpha value is -1.06. The second-order valence-corrected chi connectivity index (χ2v) is 3.84. The SMILES string of the molecule is CCCCC(CCCC(=O)OC)OC(C)=O. The molecular formula is C12H22O4. The van der Waals surface area contributed by atoms with Gasteiger partial charge in [-0.25, -0.2) is 0 Å². The Morgan fingerprint density at radius 3 is 2.31 bits per heavy atom. The number of carbonyl (C=O) groups excluding carboxylic acids is 2. The number of ether oxygens (including phenoxy) is 2. The van der Waals surface area contributed by atoms with Crippen LogP contribution in [0.2, 0.25) is 0 Å². The molecule has 0 rings (SSSR count). The lowest BCUT2D eigenvalue weighted by Gasteiger charge is -2.16. The van der Waals surface area contributed by atoms with E-state index < -0.39 is 0 Å². The zero-order valence-corrected chi connectivity index (χ0v) is 10.5. The smallest absolute Gasteiger partial charge is 0.305 e. The Morgan fingerprint density at radius 2 is 1.81 bits per heavy atom. The Balaban J connectivity index is 3.81. The fraction of sp³-hybridized carbons (Fsp3) is 0.833. The molecule has 0 aliphatic rings. The van der Waals surface area contributed by atoms with Crippen LogP contribution in [0.1, 0.15) is 52.4 Å². The van der Waals surface area contributed by atoms with E-state index in [0.29, 0.717) is 12.8 Å². The van der Waals surface area contributed by atoms with Gasteiger partial charge in [0, 0.05) is 13.3 Å². The number of rotatable bonds is 8. The van der Waals surface area contributed by atoms with Gasteiger partial charge in [0.05, 0.1) is 7.11 Å². The lowest BCUT2D eigenvalue weighted by atomic mass is 10.1. The standard InChI is InChI=1S/C12H22O4/c1-4-5-7-11(16-10(2)13)8-6-9-12(14)15-3/h11H,4-9H2,1-3H3. The predicted octanol–water partition coefficient (Wildman–Crippen LogP) is 2.45. The number of methoxy groups -OCH3 is 1. The highest BCUT2D eigenvalue weighted by molar-refractivity contribution is 5.69. The van der Waals surface area contributed by atoms with E-state index in [1.54, 1.807) is 0 Å². The van der Waals surface area contributed by atoms with Crippen LogP contribution in [0.25, 0.3) is 0 Å². The lowest BCUT2D eigenvalue weighted by Crippen LogP contribution is -2.16. The fourth-order valence-electron chi connectivity index (χ4n) is 1.50. The number of esters is 2. The minimum atomic E-state index is -0.251. The molecule has 0 heterocycles. The van der Waals surface area contributed by atoms with Crippen LogP contribution >= 0.6 is 0 Å². The molecule has 0 aliphatic heterocycles. The quantitative estimate of drug-likeness (QED) is 0.601. The van der Waals surface area contributed by atoms with Gasteiger partial charge in [-0.05, 0) is 19.3 Å². The van der Waals surface area contributed by atoms with Gasteiger partial charge in [0.25, 0.3) is 0 Å². The molecule has 0 spiro atoms. The van der Waals surface area contributed by atoms with Crippen molar-refractivity contribution in [2.24, 2.45) is 0 Å². The van der Waals surface area contributed by atoms with Crippen LogP contribution in [0.5, 0.6) is 0 Å². The minimum Gasteiger partial charge on any atom is -0.469 e. The molecule has 0 N–H and O–H groups in total. The third-order valence-electron chi connectivity index (χ3n) is 2.35. The van der Waals surface area contributed by atoms with Crippen LogP contribution in [-0.2, 0) is 19.1 Å². The third kappa shape index (κ3) is 8.26. The van der Waals surface area contributed by atoms with Gasteiger partial charge < -0.3 is 9.47 Å². The number of hydrogen-bond donors (Lipinski definition) is 0. The van der Waals surface area contributed by atoms with Crippen molar-refractivity contribution in [2.45, 2.75) is 58.5 Å². The molecule has 94 valence electrons. The van der Waals surface area contributed by atoms with E-state index in [9.17, 15) is 9.59 Å². The molecule has 0 aromatic rings. The van der Waals surface area contributed by atoms with Gasteiger partial charge in [-0.15, -0.1) is 0 Å². The molecule has 0 saturated heterocycles. The summed E-state index contributed by atoms with van der Waals surface area (Å²) < 4.78 is 9.72. The van der Waals surface area contributed by atoms with Gasteiger partial charge in [-0.2, -0.15) is 0 Å². The van der Waals surface area contributed by atoms with Crippen LogP contribution in [-0.4, -0.2) is 25.2 Å². The first-order valence-corrected chi connectivity index (χ1v) is 5.84. The highest BCUT2D eigenvalue weighted by atomic mass is 16.5. The molecule has 4 nitrogen and oxygen atoms in total. The van der Waals surface area contributed by atoms with Gasteiger partial charge >= 0.3 is 11.9 Å². The summed E-state index contributed by atoms with van der Waals surface area (Å²) in [7, 11) is 1.38. The second-order valence-electron chi connectivity index (χ2n) is 3.84. The van der Waals surface area contributed by atoms with Gasteiger partial charge in [-0.1, -0.05) is 19.8 Å². The first-order valence-electron chi connectivity index (χ1n) is 5.84. The molecule has 0 saturated carbocycles. The van der Waals surface area contributed by atoms with Crippen LogP contribution in [0.15, 0.2) is 0 Å². The van der Waals surface area contributed by atoms with Crippen LogP contribution in [0.3, 0.4) is 0 Å². The summed E-state index contributed by atoms with van der Waals surface area (Å²) in [6, 6.07) is 0. The van der Waals surface area contributed by atoms with Crippen molar-refractivity contribution in [3.8, 4) is 0 Å². The first kappa shape index (κ1) is 14.9. The second kappa shape index (κ2) is 9.19. The predicted molar refractivity (Wildman–Crippen MR) is 60.9 cm³/mol. The van der Waals surface area contributed by atoms with Crippen LogP contribution in [0.4, 0.5) is 0 Å². The highest BCUT2D eigenvalue weighted by Gasteiger charge is 2.12. The van der Waals surface area contributed by atoms with E-state index >= 15 is 0 Å². The number of unbranched alkanes of at least 4 members (excludes halogenated alkanes) is 1. The molecule has 0 radical (unpaired) electrons. The molecule has 0 bridgehead atoms. The van der Waals surface area contributed by atoms with E-state index in [2.05, 4.69) is 11.7 Å². The monoisotopic (exact) mass is 230 g/mol. The summed E-state index contributed by atoms with van der Waals surface area (Å²) >= 11 is 0. The van der Waals surface area contributed by atoms with Crippen molar-refractivity contribution in [1.29, 1.82) is 0 Å². The molecule has 0 aliphatic carbocycles. The van der Waals surface area contributed by atoms with E-state index in [4.69, 9.17) is 4.74 Å². The van der Waals surface area contributed by atoms with E-state index in [1.807, 2.05) is 0 Å². The topological polar surface area (TPSA) is 52.6 Å². The van der Waals surface area contributed by atoms with Crippen LogP contribution < -0.4 is 0 Å². The summed E-state index contributed by atoms with van der Waals surface area (Å²) in [5.74, 6) is -0.462. The van der Waals surface area contributed by atoms with Crippen molar-refractivity contribution in [1.82, 2.24) is 0 Å². The average molecular weight is 230 g/mol. The maximum Gasteiger partial charge on any atom is 0.305 e. The van der Waals surface area contributed by atoms with Gasteiger partial charge in [0.1, 0.15) is 6.10 Å². The third-order valence-corrected chi connectivity index (χ3v) is 2.35. The van der Waals surface area contributed by atoms with Gasteiger partial charge in [0.15, 0.2) is 0 Å². The summed E-state index contributed by atoms with van der Waals surface area (Å²) in [5, 5.41) is 0. The number of carbonyl (C=O) groups is 2. The molecule has 0 aromatic carbocycles. The summed E-state index contributed by atoms with van der Waals surface area (Å²) in [5.41, 5.74) is 0. The molecule has 0 aromatic heterocycles. The molecule has 16 heavy (non-hydrogen) atoms. The van der Waals surface area contributed by atoms with Crippen molar-refractivity contribution in [3.05, 3.63) is 0 Å². The van der Waals surface area contributed by atoms with Gasteiger partial charge in [-0.3, -0.25) is 9.59 Å². The zero-order valence-electron chi connectivity index (χ0n) is 10.5. The van der Waals surface area contributed by atoms with E-state index in [-0.39, 0.29) is 18.0 Å². The molecule has 0 amide bonds. The summed E-state index contributed by atoms with van der Waals surface area (Å²) in [6.45, 7) is 3.51. The van der Waals surface area contributed by atoms with Crippen molar-refractivity contribution in [3.63, 3.8) is 0 Å². The maximum atomic E-state index is 10.9. The van der Waals surface area contributed by atoms with E-state index in [1.165, 1.54) is 14.0 Å². The molecule has 4 heteroatoms. The lowest BCUT2D eigenvalue weighted by molar-refractivity contribution is -0.147. The van der Waals surface area contributed by atoms with Crippen molar-refractivity contribution < 1.29 is 19.1 Å². The molecule has 0 fully saturated rings. The Bertz CT molecular complexity index is 213. The highest BCUT2D eigenvalue weighted by Crippen LogP contribution is 2.13. The summed E-state index contributed by atoms with van der Waals surface area (Å²) in [4.78, 5) is 21.8. The number of hydrogen-bond acceptors (Lipinski definition) is 4. The fourth-order valence-corrected chi connectivity index (χ4v) is 1.50. The zero-order chi connectivity index (χ0) is 12.4. The summed E-state index contributed by atoms with van der Waals surface area (Å²) in [6.07, 6.45) is 4.76. The van der Waals surface area contributed by atoms with Crippen molar-refractivity contribution >= 4 is 11.9 Å². The largest absolute Gasteiger partial charge is 0.469 e. The Kier molecular flexibility index (Phi) is 8.58. The van der Waals surface area contributed by atoms with E-state index in [0.717, 1.165) is 25.7 Å². The van der Waals surface area contributed by atoms with Crippen LogP contribution in [0, 0.1) is 0 Å². The van der Waals surface area contributed by atoms with Crippen molar-refractivity contribution in [2.75, 3.05) is 7.11 Å². The van der Waals surface area contributed by atoms with Gasteiger partial charge in [0.2, 0.25) is 0 Å². The molecular weight excluding hydrogens is 208 g/mol. The normalized spacial score (nSPS) is 11.9. The first-order chi connectivity index (χ1) is 7.60. The molecule has 1 unspecified atom stereocenters. The maximum absolute atomic E-state index is 10.9.